The molecule has 0 aliphatic rings. The van der Waals surface area contributed by atoms with Gasteiger partial charge in [-0.3, -0.25) is 0 Å². The van der Waals surface area contributed by atoms with E-state index in [1.165, 1.54) is 24.3 Å². The van der Waals surface area contributed by atoms with Gasteiger partial charge in [0.1, 0.15) is 11.5 Å². The average Bonchev–Trinajstić information content (AvgIpc) is 2.64. The number of alkyl halides is 3. The van der Waals surface area contributed by atoms with E-state index in [4.69, 9.17) is 10.5 Å². The summed E-state index contributed by atoms with van der Waals surface area (Å²) in [4.78, 5) is 4.08. The molecule has 2 aromatic rings. The molecule has 0 aliphatic heterocycles. The molecule has 0 amide bonds. The zero-order chi connectivity index (χ0) is 19.9. The highest BCUT2D eigenvalue weighted by molar-refractivity contribution is 5.77. The van der Waals surface area contributed by atoms with Crippen molar-refractivity contribution in [2.75, 3.05) is 13.7 Å². The lowest BCUT2D eigenvalue weighted by atomic mass is 10.1. The van der Waals surface area contributed by atoms with Crippen LogP contribution < -0.4 is 20.5 Å². The molecule has 1 atom stereocenters. The van der Waals surface area contributed by atoms with Crippen LogP contribution in [0, 0.1) is 0 Å². The lowest BCUT2D eigenvalue weighted by Crippen LogP contribution is -2.34. The fraction of sp³-hybridized carbons (Fsp3) is 0.278. The molecular formula is C18H20F3N3O3. The molecule has 0 radical (unpaired) electrons. The second-order valence-electron chi connectivity index (χ2n) is 5.56. The summed E-state index contributed by atoms with van der Waals surface area (Å²) < 4.78 is 45.2. The molecule has 9 heteroatoms. The first-order valence-corrected chi connectivity index (χ1v) is 7.97. The van der Waals surface area contributed by atoms with Gasteiger partial charge in [-0.2, -0.15) is 0 Å². The molecule has 146 valence electrons. The molecular weight excluding hydrogens is 363 g/mol. The summed E-state index contributed by atoms with van der Waals surface area (Å²) in [5.74, 6) is 0.494. The van der Waals surface area contributed by atoms with Gasteiger partial charge in [-0.25, -0.2) is 4.99 Å². The van der Waals surface area contributed by atoms with Gasteiger partial charge < -0.3 is 25.6 Å². The van der Waals surface area contributed by atoms with Gasteiger partial charge in [0.15, 0.2) is 5.96 Å². The Hall–Kier alpha value is -2.94. The predicted octanol–water partition coefficient (Wildman–Crippen LogP) is 2.73. The average molecular weight is 383 g/mol. The van der Waals surface area contributed by atoms with Gasteiger partial charge in [0.25, 0.3) is 0 Å². The van der Waals surface area contributed by atoms with E-state index in [1.807, 2.05) is 0 Å². The molecule has 0 saturated heterocycles. The molecule has 0 aliphatic carbocycles. The molecule has 0 fully saturated rings. The van der Waals surface area contributed by atoms with Crippen LogP contribution in [0.4, 0.5) is 13.2 Å². The van der Waals surface area contributed by atoms with E-state index in [9.17, 15) is 18.3 Å². The van der Waals surface area contributed by atoms with Gasteiger partial charge in [-0.15, -0.1) is 13.2 Å². The van der Waals surface area contributed by atoms with Crippen LogP contribution in [0.3, 0.4) is 0 Å². The van der Waals surface area contributed by atoms with Crippen molar-refractivity contribution in [3.63, 3.8) is 0 Å². The molecule has 0 heterocycles. The third kappa shape index (κ3) is 7.06. The first kappa shape index (κ1) is 20.4. The Kier molecular flexibility index (Phi) is 6.89. The highest BCUT2D eigenvalue weighted by Crippen LogP contribution is 2.23. The van der Waals surface area contributed by atoms with Crippen LogP contribution in [-0.4, -0.2) is 31.1 Å². The van der Waals surface area contributed by atoms with E-state index in [1.54, 1.807) is 31.4 Å². The number of hydrogen-bond donors (Lipinski definition) is 3. The molecule has 1 unspecified atom stereocenters. The number of benzene rings is 2. The van der Waals surface area contributed by atoms with Crippen molar-refractivity contribution in [3.8, 4) is 11.5 Å². The molecule has 0 saturated carbocycles. The second-order valence-corrected chi connectivity index (χ2v) is 5.56. The molecule has 0 bridgehead atoms. The van der Waals surface area contributed by atoms with Crippen molar-refractivity contribution in [2.45, 2.75) is 19.0 Å². The van der Waals surface area contributed by atoms with Crippen LogP contribution in [0.1, 0.15) is 17.2 Å². The van der Waals surface area contributed by atoms with Gasteiger partial charge >= 0.3 is 6.36 Å². The number of nitrogens with one attached hydrogen (secondary N) is 1. The first-order valence-electron chi connectivity index (χ1n) is 7.97. The number of ether oxygens (including phenoxy) is 2. The number of nitrogens with zero attached hydrogens (tertiary/aromatic N) is 1. The smallest absolute Gasteiger partial charge is 0.497 e. The van der Waals surface area contributed by atoms with E-state index in [-0.39, 0.29) is 24.8 Å². The predicted molar refractivity (Wildman–Crippen MR) is 94.4 cm³/mol. The number of halogens is 3. The minimum Gasteiger partial charge on any atom is -0.497 e. The van der Waals surface area contributed by atoms with E-state index in [0.717, 1.165) is 0 Å². The Bertz CT molecular complexity index is 747. The molecule has 4 N–H and O–H groups in total. The Morgan fingerprint density at radius 3 is 2.26 bits per heavy atom. The third-order valence-electron chi connectivity index (χ3n) is 3.57. The van der Waals surface area contributed by atoms with Gasteiger partial charge in [0, 0.05) is 6.54 Å². The van der Waals surface area contributed by atoms with E-state index in [0.29, 0.717) is 16.9 Å². The molecule has 2 rings (SSSR count). The normalized spacial score (nSPS) is 13.1. The van der Waals surface area contributed by atoms with Crippen molar-refractivity contribution in [1.82, 2.24) is 5.32 Å². The maximum atomic E-state index is 12.1. The third-order valence-corrected chi connectivity index (χ3v) is 3.57. The van der Waals surface area contributed by atoms with Gasteiger partial charge in [0.2, 0.25) is 0 Å². The van der Waals surface area contributed by atoms with Gasteiger partial charge in [-0.05, 0) is 35.4 Å². The highest BCUT2D eigenvalue weighted by atomic mass is 19.4. The SMILES string of the molecule is COc1ccc(C(O)CNC(N)=NCc2ccc(OC(F)(F)F)cc2)cc1. The number of methoxy groups -OCH3 is 1. The van der Waals surface area contributed by atoms with Crippen LogP contribution in [0.5, 0.6) is 11.5 Å². The van der Waals surface area contributed by atoms with Crippen LogP contribution >= 0.6 is 0 Å². The minimum absolute atomic E-state index is 0.109. The summed E-state index contributed by atoms with van der Waals surface area (Å²) in [7, 11) is 1.56. The summed E-state index contributed by atoms with van der Waals surface area (Å²) in [5, 5.41) is 12.9. The maximum Gasteiger partial charge on any atom is 0.573 e. The number of aliphatic imine (C=N–C) groups is 1. The van der Waals surface area contributed by atoms with Gasteiger partial charge in [0.05, 0.1) is 19.8 Å². The van der Waals surface area contributed by atoms with Crippen LogP contribution in [0.15, 0.2) is 53.5 Å². The van der Waals surface area contributed by atoms with E-state index >= 15 is 0 Å². The van der Waals surface area contributed by atoms with Crippen molar-refractivity contribution in [2.24, 2.45) is 10.7 Å². The largest absolute Gasteiger partial charge is 0.573 e. The Labute approximate surface area is 154 Å². The van der Waals surface area contributed by atoms with E-state index in [2.05, 4.69) is 15.0 Å². The minimum atomic E-state index is -4.72. The number of rotatable bonds is 7. The Morgan fingerprint density at radius 2 is 1.70 bits per heavy atom. The number of nitrogens with two attached hydrogens (primary N) is 1. The molecule has 27 heavy (non-hydrogen) atoms. The van der Waals surface area contributed by atoms with Crippen LogP contribution in [0.2, 0.25) is 0 Å². The number of hydrogen-bond acceptors (Lipinski definition) is 4. The standard InChI is InChI=1S/C18H20F3N3O3/c1-26-14-8-4-13(5-9-14)16(25)11-24-17(22)23-10-12-2-6-15(7-3-12)27-18(19,20)21/h2-9,16,25H,10-11H2,1H3,(H3,22,23,24). The fourth-order valence-electron chi connectivity index (χ4n) is 2.17. The van der Waals surface area contributed by atoms with Gasteiger partial charge in [-0.1, -0.05) is 24.3 Å². The van der Waals surface area contributed by atoms with Crippen molar-refractivity contribution >= 4 is 5.96 Å². The van der Waals surface area contributed by atoms with E-state index < -0.39 is 12.5 Å². The second kappa shape index (κ2) is 9.13. The summed E-state index contributed by atoms with van der Waals surface area (Å²) in [6.45, 7) is 0.323. The Morgan fingerprint density at radius 1 is 1.11 bits per heavy atom. The topological polar surface area (TPSA) is 89.1 Å². The molecule has 0 aromatic heterocycles. The van der Waals surface area contributed by atoms with Crippen molar-refractivity contribution in [3.05, 3.63) is 59.7 Å². The van der Waals surface area contributed by atoms with Crippen molar-refractivity contribution < 1.29 is 27.8 Å². The first-order chi connectivity index (χ1) is 12.8. The number of aliphatic hydroxyl groups is 1. The zero-order valence-corrected chi connectivity index (χ0v) is 14.5. The fourth-order valence-corrected chi connectivity index (χ4v) is 2.17. The number of guanidine groups is 1. The summed E-state index contributed by atoms with van der Waals surface area (Å²) in [6, 6.07) is 12.3. The lowest BCUT2D eigenvalue weighted by Gasteiger charge is -2.13. The molecule has 0 spiro atoms. The summed E-state index contributed by atoms with van der Waals surface area (Å²) >= 11 is 0. The molecule has 2 aromatic carbocycles. The zero-order valence-electron chi connectivity index (χ0n) is 14.5. The van der Waals surface area contributed by atoms with Crippen LogP contribution in [0.25, 0.3) is 0 Å². The van der Waals surface area contributed by atoms with Crippen LogP contribution in [-0.2, 0) is 6.54 Å². The highest BCUT2D eigenvalue weighted by Gasteiger charge is 2.30. The monoisotopic (exact) mass is 383 g/mol. The quantitative estimate of drug-likeness (QED) is 0.505. The molecule has 6 nitrogen and oxygen atoms in total. The summed E-state index contributed by atoms with van der Waals surface area (Å²) in [5.41, 5.74) is 7.09. The lowest BCUT2D eigenvalue weighted by molar-refractivity contribution is -0.274. The Balaban J connectivity index is 1.82. The number of aliphatic hydroxyl groups excluding tert-OH is 1. The van der Waals surface area contributed by atoms with Crippen molar-refractivity contribution in [1.29, 1.82) is 0 Å². The maximum absolute atomic E-state index is 12.1. The summed E-state index contributed by atoms with van der Waals surface area (Å²) in [6.07, 6.45) is -5.51.